The Morgan fingerprint density at radius 1 is 0.621 bits per heavy atom. The molecule has 0 saturated carbocycles. The Bertz CT molecular complexity index is 2350. The number of urea groups is 1. The summed E-state index contributed by atoms with van der Waals surface area (Å²) in [5.74, 6) is -3.38. The maximum atomic E-state index is 14.5. The van der Waals surface area contributed by atoms with Gasteiger partial charge in [0.2, 0.25) is 0 Å². The van der Waals surface area contributed by atoms with E-state index < -0.39 is 46.5 Å². The summed E-state index contributed by atoms with van der Waals surface area (Å²) in [5, 5.41) is 4.92. The highest BCUT2D eigenvalue weighted by atomic mass is 32.1. The number of amides is 6. The van der Waals surface area contributed by atoms with Gasteiger partial charge in [-0.25, -0.2) is 28.2 Å². The molecule has 0 atom stereocenters. The van der Waals surface area contributed by atoms with Gasteiger partial charge in [0, 0.05) is 31.2 Å². The zero-order chi connectivity index (χ0) is 43.0. The molecule has 0 aliphatic carbocycles. The Hall–Kier alpha value is -7.04. The highest BCUT2D eigenvalue weighted by Crippen LogP contribution is 2.39. The smallest absolute Gasteiger partial charge is 0.336 e. The second-order valence-electron chi connectivity index (χ2n) is 14.3. The van der Waals surface area contributed by atoms with E-state index in [1.807, 2.05) is 0 Å². The number of aryl methyl sites for hydroxylation is 2. The van der Waals surface area contributed by atoms with Crippen LogP contribution >= 0.6 is 12.2 Å². The summed E-state index contributed by atoms with van der Waals surface area (Å²) in [7, 11) is 2.81. The van der Waals surface area contributed by atoms with Crippen molar-refractivity contribution in [1.29, 1.82) is 0 Å². The summed E-state index contributed by atoms with van der Waals surface area (Å²) < 4.78 is 29.0. The Morgan fingerprint density at radius 2 is 1.00 bits per heavy atom. The number of carbonyl (C=O) groups is 5. The first-order chi connectivity index (χ1) is 27.3. The van der Waals surface area contributed by atoms with E-state index in [1.165, 1.54) is 54.2 Å². The van der Waals surface area contributed by atoms with Gasteiger partial charge in [-0.1, -0.05) is 12.1 Å². The minimum atomic E-state index is -1.27. The summed E-state index contributed by atoms with van der Waals surface area (Å²) in [5.41, 5.74) is 1.11. The summed E-state index contributed by atoms with van der Waals surface area (Å²) >= 11 is 5.58. The maximum Gasteiger partial charge on any atom is 0.336 e. The van der Waals surface area contributed by atoms with Crippen LogP contribution in [-0.2, 0) is 9.59 Å². The van der Waals surface area contributed by atoms with E-state index in [9.17, 15) is 32.8 Å². The molecule has 2 saturated heterocycles. The normalized spacial score (nSPS) is 15.4. The number of thiocarbonyl (C=S) groups is 1. The fraction of sp³-hybridized carbons (Fsp3) is 0.238. The molecule has 2 heterocycles. The Morgan fingerprint density at radius 3 is 1.40 bits per heavy atom. The van der Waals surface area contributed by atoms with Crippen LogP contribution in [-0.4, -0.2) is 59.9 Å². The molecule has 16 heteroatoms. The summed E-state index contributed by atoms with van der Waals surface area (Å²) in [6.45, 7) is 24.4. The SMILES string of the molecule is [C-]#[N+]c1ccc(N2C(=O)C(C)(C)N(c3ccc(C(=O)NC)c(F)c3)C2=S)cc1C.[C-]#[N+]c1ccc(N2C(=O)N(c3ccc(C(=O)NC)c(F)c3)C(C)(C)C2=O)cc1C. The molecule has 2 fully saturated rings. The molecule has 6 rings (SSSR count). The molecule has 2 aliphatic rings. The summed E-state index contributed by atoms with van der Waals surface area (Å²) in [4.78, 5) is 74.8. The van der Waals surface area contributed by atoms with Crippen molar-refractivity contribution in [3.63, 3.8) is 0 Å². The van der Waals surface area contributed by atoms with Crippen LogP contribution in [0.2, 0.25) is 0 Å². The largest absolute Gasteiger partial charge is 0.355 e. The van der Waals surface area contributed by atoms with Crippen LogP contribution in [0.25, 0.3) is 9.69 Å². The topological polar surface area (TPSA) is 131 Å². The van der Waals surface area contributed by atoms with E-state index in [4.69, 9.17) is 25.4 Å². The van der Waals surface area contributed by atoms with Crippen LogP contribution < -0.4 is 30.2 Å². The zero-order valence-corrected chi connectivity index (χ0v) is 33.6. The molecule has 6 amide bonds. The van der Waals surface area contributed by atoms with Crippen LogP contribution in [0.15, 0.2) is 72.8 Å². The van der Waals surface area contributed by atoms with Crippen molar-refractivity contribution in [1.82, 2.24) is 10.6 Å². The van der Waals surface area contributed by atoms with Gasteiger partial charge in [0.15, 0.2) is 16.5 Å². The predicted molar refractivity (Wildman–Crippen MR) is 221 cm³/mol. The Kier molecular flexibility index (Phi) is 11.5. The number of anilines is 4. The van der Waals surface area contributed by atoms with Crippen molar-refractivity contribution >= 4 is 81.1 Å². The van der Waals surface area contributed by atoms with E-state index in [0.717, 1.165) is 16.5 Å². The summed E-state index contributed by atoms with van der Waals surface area (Å²) in [6, 6.07) is 17.0. The number of imide groups is 1. The van der Waals surface area contributed by atoms with Crippen molar-refractivity contribution in [3.05, 3.63) is 130 Å². The van der Waals surface area contributed by atoms with Crippen molar-refractivity contribution in [2.24, 2.45) is 0 Å². The van der Waals surface area contributed by atoms with Crippen molar-refractivity contribution < 1.29 is 32.8 Å². The highest BCUT2D eigenvalue weighted by Gasteiger charge is 2.53. The third-order valence-electron chi connectivity index (χ3n) is 9.82. The van der Waals surface area contributed by atoms with E-state index in [2.05, 4.69) is 20.3 Å². The van der Waals surface area contributed by atoms with Gasteiger partial charge in [-0.15, -0.1) is 0 Å². The number of nitrogens with zero attached hydrogens (tertiary/aromatic N) is 6. The number of rotatable bonds is 6. The predicted octanol–water partition coefficient (Wildman–Crippen LogP) is 7.76. The van der Waals surface area contributed by atoms with Gasteiger partial charge in [0.1, 0.15) is 22.7 Å². The van der Waals surface area contributed by atoms with E-state index >= 15 is 0 Å². The van der Waals surface area contributed by atoms with Crippen molar-refractivity contribution in [2.75, 3.05) is 33.7 Å². The van der Waals surface area contributed by atoms with Crippen LogP contribution in [0.1, 0.15) is 59.5 Å². The van der Waals surface area contributed by atoms with E-state index in [0.29, 0.717) is 34.0 Å². The van der Waals surface area contributed by atoms with E-state index in [1.54, 1.807) is 82.8 Å². The van der Waals surface area contributed by atoms with Crippen molar-refractivity contribution in [2.45, 2.75) is 52.6 Å². The minimum absolute atomic E-state index is 0.0901. The first kappa shape index (κ1) is 42.1. The number of halogens is 2. The second-order valence-corrected chi connectivity index (χ2v) is 14.7. The molecule has 0 unspecified atom stereocenters. The quantitative estimate of drug-likeness (QED) is 0.116. The Balaban J connectivity index is 0.000000221. The molecule has 4 aromatic rings. The summed E-state index contributed by atoms with van der Waals surface area (Å²) in [6.07, 6.45) is 0. The van der Waals surface area contributed by atoms with Gasteiger partial charge >= 0.3 is 6.03 Å². The lowest BCUT2D eigenvalue weighted by molar-refractivity contribution is -0.121. The zero-order valence-electron chi connectivity index (χ0n) is 32.8. The number of carbonyl (C=O) groups excluding carboxylic acids is 5. The number of hydrogen-bond donors (Lipinski definition) is 2. The van der Waals surface area contributed by atoms with Crippen molar-refractivity contribution in [3.8, 4) is 0 Å². The molecule has 0 bridgehead atoms. The molecule has 4 aromatic carbocycles. The number of nitrogens with one attached hydrogen (secondary N) is 2. The van der Waals surface area contributed by atoms with Gasteiger partial charge in [-0.2, -0.15) is 0 Å². The monoisotopic (exact) mass is 804 g/mol. The Labute approximate surface area is 339 Å². The van der Waals surface area contributed by atoms with Crippen LogP contribution in [0.4, 0.5) is 47.7 Å². The molecule has 58 heavy (non-hydrogen) atoms. The fourth-order valence-corrected chi connectivity index (χ4v) is 7.17. The van der Waals surface area contributed by atoms with Gasteiger partial charge in [-0.05, 0) is 126 Å². The van der Waals surface area contributed by atoms with Crippen LogP contribution in [0.5, 0.6) is 0 Å². The first-order valence-corrected chi connectivity index (χ1v) is 18.0. The number of hydrogen-bond acceptors (Lipinski definition) is 6. The lowest BCUT2D eigenvalue weighted by Gasteiger charge is -2.29. The second kappa shape index (κ2) is 15.8. The molecular formula is C42H38F2N8O5S. The lowest BCUT2D eigenvalue weighted by atomic mass is 10.0. The van der Waals surface area contributed by atoms with Gasteiger partial charge in [-0.3, -0.25) is 29.0 Å². The first-order valence-electron chi connectivity index (χ1n) is 17.6. The average molecular weight is 805 g/mol. The van der Waals surface area contributed by atoms with Crippen LogP contribution in [0.3, 0.4) is 0 Å². The average Bonchev–Trinajstić information content (AvgIpc) is 3.47. The van der Waals surface area contributed by atoms with Gasteiger partial charge in [0.05, 0.1) is 30.0 Å². The van der Waals surface area contributed by atoms with Gasteiger partial charge < -0.3 is 15.5 Å². The van der Waals surface area contributed by atoms with E-state index in [-0.39, 0.29) is 27.8 Å². The fourth-order valence-electron chi connectivity index (χ4n) is 6.64. The molecule has 2 aliphatic heterocycles. The molecule has 2 N–H and O–H groups in total. The van der Waals surface area contributed by atoms with Gasteiger partial charge in [0.25, 0.3) is 23.6 Å². The minimum Gasteiger partial charge on any atom is -0.355 e. The highest BCUT2D eigenvalue weighted by molar-refractivity contribution is 7.81. The lowest BCUT2D eigenvalue weighted by Crippen LogP contribution is -2.44. The molecule has 0 aromatic heterocycles. The standard InChI is InChI=1S/C21H19FN4O3.C21H19FN4O2S/c2*1-12-10-13(7-9-17(12)23-4)25-19(28)21(2,3)26(20(25)29)14-6-8-15(16(22)11-14)18(27)24-5/h2*6-11H,1-3,5H3,(H,24,27). The third kappa shape index (κ3) is 7.21. The maximum absolute atomic E-state index is 14.5. The number of benzene rings is 4. The molecule has 0 spiro atoms. The molecular weight excluding hydrogens is 767 g/mol. The van der Waals surface area contributed by atoms with Crippen LogP contribution in [0, 0.1) is 38.6 Å². The molecule has 296 valence electrons. The third-order valence-corrected chi connectivity index (χ3v) is 10.2. The molecule has 0 radical (unpaired) electrons. The molecule has 13 nitrogen and oxygen atoms in total.